The Kier molecular flexibility index (Phi) is 14.8. The van der Waals surface area contributed by atoms with Gasteiger partial charge in [0, 0.05) is 23.1 Å². The maximum absolute atomic E-state index is 13.3. The molecule has 0 bridgehead atoms. The number of esters is 1. The van der Waals surface area contributed by atoms with Gasteiger partial charge in [-0.25, -0.2) is 4.98 Å². The maximum atomic E-state index is 13.3. The van der Waals surface area contributed by atoms with Crippen molar-refractivity contribution >= 4 is 70.0 Å². The molecule has 2 aromatic heterocycles. The third-order valence-electron chi connectivity index (χ3n) is 12.2. The van der Waals surface area contributed by atoms with Crippen LogP contribution in [0.25, 0.3) is 0 Å². The number of amides is 4. The van der Waals surface area contributed by atoms with Gasteiger partial charge in [0.1, 0.15) is 11.4 Å². The predicted molar refractivity (Wildman–Crippen MR) is 252 cm³/mol. The lowest BCUT2D eigenvalue weighted by Crippen LogP contribution is -2.46. The number of carbonyl (C=O) groups is 5. The third kappa shape index (κ3) is 12.6. The van der Waals surface area contributed by atoms with Gasteiger partial charge >= 0.3 is 29.6 Å². The molecular formula is C50H59Cl2N7O6. The highest BCUT2D eigenvalue weighted by Crippen LogP contribution is 2.44. The number of likely N-dealkylation sites (tertiary alicyclic amines) is 2. The molecular weight excluding hydrogens is 865 g/mol. The zero-order valence-corrected chi connectivity index (χ0v) is 39.3. The smallest absolute Gasteiger partial charge is 0.313 e. The van der Waals surface area contributed by atoms with E-state index in [1.807, 2.05) is 69.3 Å². The number of nitrogens with two attached hydrogens (primary N) is 1. The summed E-state index contributed by atoms with van der Waals surface area (Å²) in [6, 6.07) is 18.3. The van der Waals surface area contributed by atoms with Crippen molar-refractivity contribution < 1.29 is 28.7 Å². The van der Waals surface area contributed by atoms with Crippen molar-refractivity contribution in [1.82, 2.24) is 19.8 Å². The van der Waals surface area contributed by atoms with E-state index in [0.717, 1.165) is 73.6 Å². The molecule has 4 unspecified atom stereocenters. The number of benzene rings is 2. The molecule has 4 aliphatic rings. The quantitative estimate of drug-likeness (QED) is 0.115. The van der Waals surface area contributed by atoms with Crippen LogP contribution in [-0.4, -0.2) is 68.1 Å². The molecule has 4 aromatic rings. The van der Waals surface area contributed by atoms with E-state index in [2.05, 4.69) is 34.4 Å². The average Bonchev–Trinajstić information content (AvgIpc) is 4.19. The number of halogens is 2. The molecule has 2 aromatic carbocycles. The van der Waals surface area contributed by atoms with E-state index >= 15 is 0 Å². The summed E-state index contributed by atoms with van der Waals surface area (Å²) >= 11 is 12.3. The highest BCUT2D eigenvalue weighted by Gasteiger charge is 2.37. The van der Waals surface area contributed by atoms with Crippen molar-refractivity contribution in [2.75, 3.05) is 29.5 Å². The van der Waals surface area contributed by atoms with Crippen molar-refractivity contribution in [3.63, 3.8) is 0 Å². The summed E-state index contributed by atoms with van der Waals surface area (Å²) < 4.78 is 5.45. The van der Waals surface area contributed by atoms with Crippen LogP contribution in [0, 0.1) is 11.8 Å². The van der Waals surface area contributed by atoms with Crippen molar-refractivity contribution in [1.29, 1.82) is 0 Å². The number of carbonyl (C=O) groups excluding carboxylic acids is 5. The molecule has 0 spiro atoms. The van der Waals surface area contributed by atoms with Crippen LogP contribution in [0.15, 0.2) is 73.1 Å². The number of nitrogens with zero attached hydrogens (tertiary/aromatic N) is 4. The van der Waals surface area contributed by atoms with Gasteiger partial charge < -0.3 is 30.9 Å². The lowest BCUT2D eigenvalue weighted by molar-refractivity contribution is -0.154. The van der Waals surface area contributed by atoms with Crippen LogP contribution in [0.4, 0.5) is 17.2 Å². The number of hydrogen-bond acceptors (Lipinski definition) is 9. The van der Waals surface area contributed by atoms with Crippen LogP contribution in [0.2, 0.25) is 10.0 Å². The van der Waals surface area contributed by atoms with Crippen molar-refractivity contribution in [3.05, 3.63) is 111 Å². The standard InChI is InChI=1S/C28H34ClN3O4.C22H25ClN4O2/c1-17-8-11-24(19-6-5-7-20(29)12-19)32(16-17)27(35)26(34)31-21-13-22(18-9-10-18)23(30-15-21)14-25(33)36-28(2,3)4;1-13-5-8-19(15-3-2-4-16(23)9-15)27(12-13)22(29)21(28)26-17-10-18(14-6-7-14)20(24)25-11-17/h5-7,12-13,15,17-18,24H,8-11,14,16H2,1-4H3,(H,31,34);2-4,9-11,13-14,19H,5-8,12H2,1H3,(H2,24,25)(H,26,28). The highest BCUT2D eigenvalue weighted by atomic mass is 35.5. The second kappa shape index (κ2) is 20.3. The summed E-state index contributed by atoms with van der Waals surface area (Å²) in [6.07, 6.45) is 10.8. The van der Waals surface area contributed by atoms with Gasteiger partial charge in [-0.3, -0.25) is 29.0 Å². The number of nitrogen functional groups attached to an aromatic ring is 1. The molecule has 0 radical (unpaired) electrons. The number of piperidine rings is 2. The summed E-state index contributed by atoms with van der Waals surface area (Å²) in [4.78, 5) is 76.5. The van der Waals surface area contributed by atoms with Crippen LogP contribution < -0.4 is 16.4 Å². The lowest BCUT2D eigenvalue weighted by atomic mass is 9.90. The zero-order chi connectivity index (χ0) is 46.6. The maximum Gasteiger partial charge on any atom is 0.313 e. The Hall–Kier alpha value is -5.53. The largest absolute Gasteiger partial charge is 0.460 e. The average molecular weight is 925 g/mol. The molecule has 2 saturated carbocycles. The first-order valence-corrected chi connectivity index (χ1v) is 23.4. The summed E-state index contributed by atoms with van der Waals surface area (Å²) in [6.45, 7) is 10.7. The molecule has 2 saturated heterocycles. The minimum Gasteiger partial charge on any atom is -0.460 e. The number of pyridine rings is 2. The fourth-order valence-electron chi connectivity index (χ4n) is 8.78. The number of anilines is 3. The molecule has 4 amide bonds. The molecule has 4 heterocycles. The van der Waals surface area contributed by atoms with Gasteiger partial charge in [-0.1, -0.05) is 61.3 Å². The molecule has 4 fully saturated rings. The van der Waals surface area contributed by atoms with Gasteiger partial charge in [-0.2, -0.15) is 0 Å². The van der Waals surface area contributed by atoms with E-state index in [-0.39, 0.29) is 24.5 Å². The van der Waals surface area contributed by atoms with E-state index in [1.165, 1.54) is 12.4 Å². The molecule has 344 valence electrons. The van der Waals surface area contributed by atoms with Gasteiger partial charge in [-0.15, -0.1) is 0 Å². The Morgan fingerprint density at radius 1 is 0.677 bits per heavy atom. The summed E-state index contributed by atoms with van der Waals surface area (Å²) in [7, 11) is 0. The molecule has 13 nitrogen and oxygen atoms in total. The molecule has 15 heteroatoms. The predicted octanol–water partition coefficient (Wildman–Crippen LogP) is 9.57. The second-order valence-electron chi connectivity index (χ2n) is 19.1. The lowest BCUT2D eigenvalue weighted by Gasteiger charge is -2.38. The monoisotopic (exact) mass is 923 g/mol. The van der Waals surface area contributed by atoms with E-state index < -0.39 is 29.2 Å². The van der Waals surface area contributed by atoms with Crippen molar-refractivity contribution in [2.24, 2.45) is 11.8 Å². The topological polar surface area (TPSA) is 177 Å². The Morgan fingerprint density at radius 3 is 1.60 bits per heavy atom. The van der Waals surface area contributed by atoms with E-state index in [1.54, 1.807) is 21.9 Å². The number of hydrogen-bond donors (Lipinski definition) is 3. The molecule has 2 aliphatic carbocycles. The van der Waals surface area contributed by atoms with Gasteiger partial charge in [0.2, 0.25) is 0 Å². The van der Waals surface area contributed by atoms with Crippen LogP contribution >= 0.6 is 23.2 Å². The van der Waals surface area contributed by atoms with Crippen LogP contribution in [0.1, 0.15) is 138 Å². The van der Waals surface area contributed by atoms with Gasteiger partial charge in [0.15, 0.2) is 0 Å². The van der Waals surface area contributed by atoms with Crippen molar-refractivity contribution in [3.8, 4) is 0 Å². The second-order valence-corrected chi connectivity index (χ2v) is 20.0. The third-order valence-corrected chi connectivity index (χ3v) is 12.7. The number of nitrogens with one attached hydrogen (secondary N) is 2. The fraction of sp³-hybridized carbons (Fsp3) is 0.460. The summed E-state index contributed by atoms with van der Waals surface area (Å²) in [5.74, 6) is -0.961. The van der Waals surface area contributed by atoms with Crippen LogP contribution in [0.3, 0.4) is 0 Å². The molecule has 4 atom stereocenters. The Bertz CT molecular complexity index is 2430. The fourth-order valence-corrected chi connectivity index (χ4v) is 9.17. The first kappa shape index (κ1) is 47.4. The van der Waals surface area contributed by atoms with E-state index in [4.69, 9.17) is 33.7 Å². The minimum absolute atomic E-state index is 0.0727. The molecule has 8 rings (SSSR count). The van der Waals surface area contributed by atoms with Gasteiger partial charge in [0.05, 0.1) is 48.0 Å². The first-order valence-electron chi connectivity index (χ1n) is 22.6. The molecule has 4 N–H and O–H groups in total. The summed E-state index contributed by atoms with van der Waals surface area (Å²) in [5, 5.41) is 6.69. The SMILES string of the molecule is CC1CCC(c2cccc(Cl)c2)N(C(=O)C(=O)Nc2cnc(CC(=O)OC(C)(C)C)c(C3CC3)c2)C1.CC1CCC(c2cccc(Cl)c2)N(C(=O)C(=O)Nc2cnc(N)c(C3CC3)c2)C1. The highest BCUT2D eigenvalue weighted by molar-refractivity contribution is 6.40. The van der Waals surface area contributed by atoms with Gasteiger partial charge in [0.25, 0.3) is 0 Å². The van der Waals surface area contributed by atoms with Crippen molar-refractivity contribution in [2.45, 2.75) is 122 Å². The zero-order valence-electron chi connectivity index (χ0n) is 37.7. The Labute approximate surface area is 391 Å². The Morgan fingerprint density at radius 2 is 1.14 bits per heavy atom. The molecule has 2 aliphatic heterocycles. The normalized spacial score (nSPS) is 20.8. The number of rotatable bonds is 8. The molecule has 65 heavy (non-hydrogen) atoms. The van der Waals surface area contributed by atoms with E-state index in [9.17, 15) is 24.0 Å². The summed E-state index contributed by atoms with van der Waals surface area (Å²) in [5.41, 5.74) is 10.7. The van der Waals surface area contributed by atoms with E-state index in [0.29, 0.717) is 69.7 Å². The minimum atomic E-state index is -0.695. The first-order chi connectivity index (χ1) is 30.9. The number of aromatic nitrogens is 2. The van der Waals surface area contributed by atoms with Gasteiger partial charge in [-0.05, 0) is 154 Å². The number of ether oxygens (including phenoxy) is 1. The Balaban J connectivity index is 0.000000198. The van der Waals surface area contributed by atoms with Crippen LogP contribution in [-0.2, 0) is 35.1 Å². The van der Waals surface area contributed by atoms with Crippen LogP contribution in [0.5, 0.6) is 0 Å².